The van der Waals surface area contributed by atoms with Crippen LogP contribution in [-0.4, -0.2) is 27.5 Å². The number of halogens is 1. The minimum atomic E-state index is -0.117. The molecule has 1 unspecified atom stereocenters. The summed E-state index contributed by atoms with van der Waals surface area (Å²) in [5.41, 5.74) is 0.789. The molecule has 1 aliphatic heterocycles. The molecule has 0 saturated carbocycles. The fourth-order valence-corrected chi connectivity index (χ4v) is 3.08. The molecule has 2 heterocycles. The second-order valence-electron chi connectivity index (χ2n) is 7.43. The van der Waals surface area contributed by atoms with Gasteiger partial charge in [0.2, 0.25) is 17.7 Å². The van der Waals surface area contributed by atoms with Crippen LogP contribution in [0.25, 0.3) is 11.5 Å². The molecule has 1 amide bonds. The lowest BCUT2D eigenvalue weighted by atomic mass is 9.91. The van der Waals surface area contributed by atoms with E-state index >= 15 is 0 Å². The van der Waals surface area contributed by atoms with Crippen LogP contribution in [0.5, 0.6) is 0 Å². The highest BCUT2D eigenvalue weighted by Crippen LogP contribution is 2.34. The Morgan fingerprint density at radius 3 is 2.67 bits per heavy atom. The van der Waals surface area contributed by atoms with E-state index in [2.05, 4.69) is 31.0 Å². The molecule has 1 aromatic heterocycles. The maximum Gasteiger partial charge on any atom is 0.247 e. The van der Waals surface area contributed by atoms with Gasteiger partial charge in [-0.05, 0) is 42.5 Å². The Morgan fingerprint density at radius 2 is 2.00 bits per heavy atom. The van der Waals surface area contributed by atoms with E-state index in [0.717, 1.165) is 24.9 Å². The molecule has 1 atom stereocenters. The van der Waals surface area contributed by atoms with Crippen molar-refractivity contribution in [2.75, 3.05) is 6.54 Å². The zero-order valence-electron chi connectivity index (χ0n) is 14.3. The van der Waals surface area contributed by atoms with Crippen LogP contribution in [-0.2, 0) is 4.79 Å². The van der Waals surface area contributed by atoms with Crippen molar-refractivity contribution in [3.8, 4) is 11.5 Å². The van der Waals surface area contributed by atoms with Crippen LogP contribution in [0.15, 0.2) is 28.7 Å². The van der Waals surface area contributed by atoms with Gasteiger partial charge in [-0.25, -0.2) is 0 Å². The molecule has 0 N–H and O–H groups in total. The summed E-state index contributed by atoms with van der Waals surface area (Å²) in [6.45, 7) is 6.96. The smallest absolute Gasteiger partial charge is 0.247 e. The number of benzene rings is 1. The van der Waals surface area contributed by atoms with Gasteiger partial charge in [-0.1, -0.05) is 32.4 Å². The number of hydrogen-bond donors (Lipinski definition) is 0. The molecule has 1 saturated heterocycles. The van der Waals surface area contributed by atoms with Crippen molar-refractivity contribution in [2.24, 2.45) is 5.41 Å². The number of carbonyl (C=O) groups excluding carboxylic acids is 1. The van der Waals surface area contributed by atoms with Gasteiger partial charge in [0.25, 0.3) is 0 Å². The maximum atomic E-state index is 12.6. The van der Waals surface area contributed by atoms with Crippen molar-refractivity contribution in [1.82, 2.24) is 15.1 Å². The molecule has 0 bridgehead atoms. The first-order chi connectivity index (χ1) is 11.3. The zero-order valence-corrected chi connectivity index (χ0v) is 15.0. The first kappa shape index (κ1) is 17.0. The van der Waals surface area contributed by atoms with E-state index in [0.29, 0.717) is 23.2 Å². The monoisotopic (exact) mass is 347 g/mol. The van der Waals surface area contributed by atoms with Crippen LogP contribution in [0.2, 0.25) is 5.02 Å². The van der Waals surface area contributed by atoms with Gasteiger partial charge in [0.05, 0.1) is 0 Å². The quantitative estimate of drug-likeness (QED) is 0.820. The lowest BCUT2D eigenvalue weighted by Gasteiger charge is -2.26. The summed E-state index contributed by atoms with van der Waals surface area (Å²) in [6, 6.07) is 7.15. The molecular weight excluding hydrogens is 326 g/mol. The summed E-state index contributed by atoms with van der Waals surface area (Å²) >= 11 is 5.90. The minimum Gasteiger partial charge on any atom is -0.418 e. The summed E-state index contributed by atoms with van der Waals surface area (Å²) in [4.78, 5) is 14.5. The van der Waals surface area contributed by atoms with E-state index < -0.39 is 0 Å². The van der Waals surface area contributed by atoms with Crippen molar-refractivity contribution in [3.63, 3.8) is 0 Å². The zero-order chi connectivity index (χ0) is 17.3. The van der Waals surface area contributed by atoms with Gasteiger partial charge in [0.15, 0.2) is 0 Å². The average Bonchev–Trinajstić information content (AvgIpc) is 3.15. The van der Waals surface area contributed by atoms with Gasteiger partial charge in [0, 0.05) is 23.6 Å². The lowest BCUT2D eigenvalue weighted by molar-refractivity contribution is -0.134. The maximum absolute atomic E-state index is 12.6. The molecule has 2 aromatic rings. The minimum absolute atomic E-state index is 0.0342. The van der Waals surface area contributed by atoms with Crippen LogP contribution < -0.4 is 0 Å². The van der Waals surface area contributed by atoms with Crippen molar-refractivity contribution in [2.45, 2.75) is 46.1 Å². The van der Waals surface area contributed by atoms with Crippen LogP contribution in [0.3, 0.4) is 0 Å². The number of nitrogens with zero attached hydrogens (tertiary/aromatic N) is 3. The topological polar surface area (TPSA) is 59.2 Å². The van der Waals surface area contributed by atoms with Crippen molar-refractivity contribution < 1.29 is 9.21 Å². The third kappa shape index (κ3) is 3.78. The molecule has 128 valence electrons. The standard InChI is InChI=1S/C18H22ClN3O2/c1-18(2,3)11-15(23)22-10-4-5-14(22)17-21-20-16(24-17)12-6-8-13(19)9-7-12/h6-9,14H,4-5,10-11H2,1-3H3. The molecule has 0 spiro atoms. The van der Waals surface area contributed by atoms with Crippen LogP contribution in [0.4, 0.5) is 0 Å². The average molecular weight is 348 g/mol. The van der Waals surface area contributed by atoms with Crippen molar-refractivity contribution in [3.05, 3.63) is 35.2 Å². The highest BCUT2D eigenvalue weighted by Gasteiger charge is 2.35. The molecule has 24 heavy (non-hydrogen) atoms. The van der Waals surface area contributed by atoms with Crippen LogP contribution >= 0.6 is 11.6 Å². The largest absolute Gasteiger partial charge is 0.418 e. The fourth-order valence-electron chi connectivity index (χ4n) is 2.96. The molecule has 3 rings (SSSR count). The summed E-state index contributed by atoms with van der Waals surface area (Å²) in [5.74, 6) is 1.12. The molecule has 6 heteroatoms. The first-order valence-corrected chi connectivity index (χ1v) is 8.60. The predicted molar refractivity (Wildman–Crippen MR) is 92.5 cm³/mol. The van der Waals surface area contributed by atoms with E-state index in [1.807, 2.05) is 17.0 Å². The van der Waals surface area contributed by atoms with Crippen molar-refractivity contribution in [1.29, 1.82) is 0 Å². The molecule has 0 radical (unpaired) electrons. The predicted octanol–water partition coefficient (Wildman–Crippen LogP) is 4.49. The Morgan fingerprint density at radius 1 is 1.29 bits per heavy atom. The summed E-state index contributed by atoms with van der Waals surface area (Å²) in [5, 5.41) is 8.97. The van der Waals surface area contributed by atoms with Gasteiger partial charge >= 0.3 is 0 Å². The van der Waals surface area contributed by atoms with Gasteiger partial charge in [-0.3, -0.25) is 4.79 Å². The van der Waals surface area contributed by atoms with Gasteiger partial charge in [-0.15, -0.1) is 10.2 Å². The number of rotatable bonds is 3. The number of aromatic nitrogens is 2. The van der Waals surface area contributed by atoms with Crippen LogP contribution in [0.1, 0.15) is 52.0 Å². The lowest BCUT2D eigenvalue weighted by Crippen LogP contribution is -2.33. The van der Waals surface area contributed by atoms with Crippen LogP contribution in [0, 0.1) is 5.41 Å². The normalized spacial score (nSPS) is 18.2. The second kappa shape index (κ2) is 6.55. The molecule has 5 nitrogen and oxygen atoms in total. The molecule has 0 aliphatic carbocycles. The van der Waals surface area contributed by atoms with Gasteiger partial charge < -0.3 is 9.32 Å². The highest BCUT2D eigenvalue weighted by atomic mass is 35.5. The summed E-state index contributed by atoms with van der Waals surface area (Å²) in [6.07, 6.45) is 2.33. The Balaban J connectivity index is 1.78. The Kier molecular flexibility index (Phi) is 4.63. The summed E-state index contributed by atoms with van der Waals surface area (Å²) in [7, 11) is 0. The molecule has 1 aromatic carbocycles. The molecule has 1 fully saturated rings. The third-order valence-corrected chi connectivity index (χ3v) is 4.32. The van der Waals surface area contributed by atoms with E-state index in [4.69, 9.17) is 16.0 Å². The molecular formula is C18H22ClN3O2. The molecule has 1 aliphatic rings. The summed E-state index contributed by atoms with van der Waals surface area (Å²) < 4.78 is 5.84. The van der Waals surface area contributed by atoms with Crippen molar-refractivity contribution >= 4 is 17.5 Å². The van der Waals surface area contributed by atoms with E-state index in [1.165, 1.54) is 0 Å². The van der Waals surface area contributed by atoms with E-state index in [9.17, 15) is 4.79 Å². The number of amides is 1. The van der Waals surface area contributed by atoms with E-state index in [-0.39, 0.29) is 17.4 Å². The second-order valence-corrected chi connectivity index (χ2v) is 7.87. The Labute approximate surface area is 147 Å². The first-order valence-electron chi connectivity index (χ1n) is 8.22. The number of hydrogen-bond acceptors (Lipinski definition) is 4. The SMILES string of the molecule is CC(C)(C)CC(=O)N1CCCC1c1nnc(-c2ccc(Cl)cc2)o1. The number of likely N-dealkylation sites (tertiary alicyclic amines) is 1. The Bertz CT molecular complexity index is 719. The highest BCUT2D eigenvalue weighted by molar-refractivity contribution is 6.30. The third-order valence-electron chi connectivity index (χ3n) is 4.07. The number of carbonyl (C=O) groups is 1. The fraction of sp³-hybridized carbons (Fsp3) is 0.500. The van der Waals surface area contributed by atoms with E-state index in [1.54, 1.807) is 12.1 Å². The van der Waals surface area contributed by atoms with Gasteiger partial charge in [0.1, 0.15) is 6.04 Å². The Hall–Kier alpha value is -1.88. The van der Waals surface area contributed by atoms with Gasteiger partial charge in [-0.2, -0.15) is 0 Å².